The van der Waals surface area contributed by atoms with Crippen molar-refractivity contribution >= 4 is 17.7 Å². The van der Waals surface area contributed by atoms with Crippen molar-refractivity contribution in [1.29, 1.82) is 10.5 Å². The molecule has 1 amide bonds. The summed E-state index contributed by atoms with van der Waals surface area (Å²) in [5, 5.41) is 24.4. The number of benzene rings is 1. The van der Waals surface area contributed by atoms with E-state index in [1.54, 1.807) is 12.1 Å². The van der Waals surface area contributed by atoms with E-state index in [-0.39, 0.29) is 17.9 Å². The summed E-state index contributed by atoms with van der Waals surface area (Å²) in [6.07, 6.45) is 3.52. The first-order valence-electron chi connectivity index (χ1n) is 8.65. The van der Waals surface area contributed by atoms with Gasteiger partial charge in [-0.3, -0.25) is 4.79 Å². The standard InChI is InChI=1S/C19H19N7O/c20-9-13-3-1-12(2-4-13)5-6-23-19-24-11-15(10-21)18(26-19)25-16-7-14(8-16)17(22)27/h1-4,11,14,16H,5-8H2,(H2,22,27)(H2,23,24,25,26). The molecular weight excluding hydrogens is 342 g/mol. The van der Waals surface area contributed by atoms with Gasteiger partial charge in [-0.25, -0.2) is 4.98 Å². The van der Waals surface area contributed by atoms with E-state index >= 15 is 0 Å². The van der Waals surface area contributed by atoms with E-state index in [1.807, 2.05) is 12.1 Å². The normalized spacial score (nSPS) is 17.9. The number of hydrogen-bond acceptors (Lipinski definition) is 7. The highest BCUT2D eigenvalue weighted by Crippen LogP contribution is 2.30. The third-order valence-electron chi connectivity index (χ3n) is 4.57. The smallest absolute Gasteiger partial charge is 0.224 e. The molecule has 3 rings (SSSR count). The summed E-state index contributed by atoms with van der Waals surface area (Å²) in [5.41, 5.74) is 7.37. The van der Waals surface area contributed by atoms with Gasteiger partial charge in [-0.15, -0.1) is 0 Å². The molecule has 0 unspecified atom stereocenters. The number of carbonyl (C=O) groups excluding carboxylic acids is 1. The summed E-state index contributed by atoms with van der Waals surface area (Å²) in [5.74, 6) is 0.485. The fourth-order valence-corrected chi connectivity index (χ4v) is 2.88. The maximum Gasteiger partial charge on any atom is 0.224 e. The molecule has 136 valence electrons. The van der Waals surface area contributed by atoms with E-state index in [2.05, 4.69) is 32.7 Å². The predicted molar refractivity (Wildman–Crippen MR) is 99.4 cm³/mol. The summed E-state index contributed by atoms with van der Waals surface area (Å²) in [6, 6.07) is 11.6. The summed E-state index contributed by atoms with van der Waals surface area (Å²) < 4.78 is 0. The zero-order chi connectivity index (χ0) is 19.2. The minimum Gasteiger partial charge on any atom is -0.369 e. The Morgan fingerprint density at radius 2 is 1.96 bits per heavy atom. The monoisotopic (exact) mass is 361 g/mol. The van der Waals surface area contributed by atoms with Gasteiger partial charge in [-0.1, -0.05) is 12.1 Å². The van der Waals surface area contributed by atoms with Crippen molar-refractivity contribution in [3.05, 3.63) is 47.2 Å². The van der Waals surface area contributed by atoms with Crippen LogP contribution in [0.1, 0.15) is 29.5 Å². The van der Waals surface area contributed by atoms with E-state index in [9.17, 15) is 10.1 Å². The second-order valence-corrected chi connectivity index (χ2v) is 6.47. The first kappa shape index (κ1) is 18.2. The van der Waals surface area contributed by atoms with Gasteiger partial charge in [0.2, 0.25) is 11.9 Å². The second kappa shape index (κ2) is 8.15. The average Bonchev–Trinajstić information content (AvgIpc) is 2.64. The molecule has 1 aromatic heterocycles. The molecule has 27 heavy (non-hydrogen) atoms. The van der Waals surface area contributed by atoms with Crippen LogP contribution in [0.15, 0.2) is 30.5 Å². The lowest BCUT2D eigenvalue weighted by atomic mass is 9.80. The largest absolute Gasteiger partial charge is 0.369 e. The van der Waals surface area contributed by atoms with Crippen LogP contribution < -0.4 is 16.4 Å². The molecule has 1 fully saturated rings. The fourth-order valence-electron chi connectivity index (χ4n) is 2.88. The van der Waals surface area contributed by atoms with Crippen molar-refractivity contribution in [1.82, 2.24) is 9.97 Å². The summed E-state index contributed by atoms with van der Waals surface area (Å²) in [6.45, 7) is 0.615. The number of anilines is 2. The van der Waals surface area contributed by atoms with Crippen molar-refractivity contribution in [3.63, 3.8) is 0 Å². The number of amides is 1. The van der Waals surface area contributed by atoms with Crippen LogP contribution in [-0.2, 0) is 11.2 Å². The first-order chi connectivity index (χ1) is 13.1. The van der Waals surface area contributed by atoms with Gasteiger partial charge in [0.1, 0.15) is 17.5 Å². The van der Waals surface area contributed by atoms with Crippen molar-refractivity contribution in [2.75, 3.05) is 17.2 Å². The number of primary amides is 1. The van der Waals surface area contributed by atoms with Crippen molar-refractivity contribution in [2.24, 2.45) is 11.7 Å². The summed E-state index contributed by atoms with van der Waals surface area (Å²) in [7, 11) is 0. The van der Waals surface area contributed by atoms with E-state index in [1.165, 1.54) is 6.20 Å². The highest BCUT2D eigenvalue weighted by atomic mass is 16.1. The fraction of sp³-hybridized carbons (Fsp3) is 0.316. The van der Waals surface area contributed by atoms with E-state index in [4.69, 9.17) is 11.0 Å². The van der Waals surface area contributed by atoms with E-state index < -0.39 is 0 Å². The number of nitrogens with one attached hydrogen (secondary N) is 2. The summed E-state index contributed by atoms with van der Waals surface area (Å²) in [4.78, 5) is 19.7. The van der Waals surface area contributed by atoms with Gasteiger partial charge in [0.15, 0.2) is 0 Å². The lowest BCUT2D eigenvalue weighted by Gasteiger charge is -2.34. The molecule has 2 aromatic rings. The molecule has 4 N–H and O–H groups in total. The molecule has 0 bridgehead atoms. The Hall–Kier alpha value is -3.65. The van der Waals surface area contributed by atoms with Crippen LogP contribution >= 0.6 is 0 Å². The summed E-state index contributed by atoms with van der Waals surface area (Å²) >= 11 is 0. The second-order valence-electron chi connectivity index (χ2n) is 6.47. The van der Waals surface area contributed by atoms with Gasteiger partial charge in [-0.2, -0.15) is 15.5 Å². The van der Waals surface area contributed by atoms with Gasteiger partial charge >= 0.3 is 0 Å². The number of nitrogens with zero attached hydrogens (tertiary/aromatic N) is 4. The molecule has 1 aliphatic rings. The van der Waals surface area contributed by atoms with E-state index in [0.717, 1.165) is 12.0 Å². The maximum absolute atomic E-state index is 11.1. The number of aromatic nitrogens is 2. The Balaban J connectivity index is 1.57. The molecular formula is C19H19N7O. The highest BCUT2D eigenvalue weighted by Gasteiger charge is 2.33. The SMILES string of the molecule is N#Cc1ccc(CCNc2ncc(C#N)c(NC3CC(C(N)=O)C3)n2)cc1. The average molecular weight is 361 g/mol. The molecule has 0 saturated heterocycles. The molecule has 1 aromatic carbocycles. The molecule has 0 aliphatic heterocycles. The Kier molecular flexibility index (Phi) is 5.48. The van der Waals surface area contributed by atoms with E-state index in [0.29, 0.717) is 42.3 Å². The minimum atomic E-state index is -0.290. The topological polar surface area (TPSA) is 141 Å². The van der Waals surface area contributed by atoms with Crippen LogP contribution in [0.4, 0.5) is 11.8 Å². The third-order valence-corrected chi connectivity index (χ3v) is 4.57. The lowest BCUT2D eigenvalue weighted by Crippen LogP contribution is -2.42. The molecule has 0 radical (unpaired) electrons. The van der Waals surface area contributed by atoms with Crippen molar-refractivity contribution < 1.29 is 4.79 Å². The van der Waals surface area contributed by atoms with Crippen LogP contribution in [0.3, 0.4) is 0 Å². The van der Waals surface area contributed by atoms with Crippen LogP contribution in [0, 0.1) is 28.6 Å². The Morgan fingerprint density at radius 1 is 1.22 bits per heavy atom. The molecule has 1 heterocycles. The molecule has 1 aliphatic carbocycles. The number of nitriles is 2. The predicted octanol–water partition coefficient (Wildman–Crippen LogP) is 1.55. The molecule has 0 atom stereocenters. The van der Waals surface area contributed by atoms with Gasteiger partial charge in [0.25, 0.3) is 0 Å². The Labute approximate surface area is 157 Å². The van der Waals surface area contributed by atoms with Crippen LogP contribution in [-0.4, -0.2) is 28.5 Å². The zero-order valence-corrected chi connectivity index (χ0v) is 14.6. The van der Waals surface area contributed by atoms with Crippen molar-refractivity contribution in [2.45, 2.75) is 25.3 Å². The van der Waals surface area contributed by atoms with Crippen LogP contribution in [0.25, 0.3) is 0 Å². The number of rotatable bonds is 7. The van der Waals surface area contributed by atoms with Crippen molar-refractivity contribution in [3.8, 4) is 12.1 Å². The van der Waals surface area contributed by atoms with Gasteiger partial charge in [-0.05, 0) is 37.0 Å². The van der Waals surface area contributed by atoms with Crippen LogP contribution in [0.2, 0.25) is 0 Å². The minimum absolute atomic E-state index is 0.0796. The molecule has 0 spiro atoms. The van der Waals surface area contributed by atoms with Gasteiger partial charge in [0.05, 0.1) is 17.8 Å². The van der Waals surface area contributed by atoms with Crippen LogP contribution in [0.5, 0.6) is 0 Å². The number of carbonyl (C=O) groups is 1. The highest BCUT2D eigenvalue weighted by molar-refractivity contribution is 5.78. The number of hydrogen-bond donors (Lipinski definition) is 3. The zero-order valence-electron chi connectivity index (χ0n) is 14.6. The number of nitrogens with two attached hydrogens (primary N) is 1. The third kappa shape index (κ3) is 4.50. The lowest BCUT2D eigenvalue weighted by molar-refractivity contribution is -0.124. The molecule has 8 heteroatoms. The van der Waals surface area contributed by atoms with Gasteiger partial charge in [0, 0.05) is 18.5 Å². The molecule has 8 nitrogen and oxygen atoms in total. The first-order valence-corrected chi connectivity index (χ1v) is 8.65. The Morgan fingerprint density at radius 3 is 2.59 bits per heavy atom. The quantitative estimate of drug-likeness (QED) is 0.679. The Bertz CT molecular complexity index is 905. The van der Waals surface area contributed by atoms with Gasteiger partial charge < -0.3 is 16.4 Å². The maximum atomic E-state index is 11.1. The molecule has 1 saturated carbocycles.